The SMILES string of the molecule is CSCCC(N)C(=O)N(C)CC(=O)Nc1c(C)cccc1C. The van der Waals surface area contributed by atoms with Gasteiger partial charge in [-0.1, -0.05) is 18.2 Å². The topological polar surface area (TPSA) is 75.4 Å². The molecule has 2 amide bonds. The van der Waals surface area contributed by atoms with Crippen molar-refractivity contribution in [1.82, 2.24) is 4.90 Å². The number of amides is 2. The van der Waals surface area contributed by atoms with E-state index in [1.54, 1.807) is 18.8 Å². The average molecular weight is 323 g/mol. The number of thioether (sulfide) groups is 1. The number of anilines is 1. The molecule has 0 aromatic heterocycles. The fraction of sp³-hybridized carbons (Fsp3) is 0.500. The molecule has 0 saturated carbocycles. The van der Waals surface area contributed by atoms with Crippen molar-refractivity contribution in [3.8, 4) is 0 Å². The highest BCUT2D eigenvalue weighted by molar-refractivity contribution is 7.98. The second-order valence-electron chi connectivity index (χ2n) is 5.40. The van der Waals surface area contributed by atoms with Crippen LogP contribution < -0.4 is 11.1 Å². The highest BCUT2D eigenvalue weighted by Gasteiger charge is 2.20. The lowest BCUT2D eigenvalue weighted by Gasteiger charge is -2.21. The number of nitrogens with zero attached hydrogens (tertiary/aromatic N) is 1. The fourth-order valence-corrected chi connectivity index (χ4v) is 2.62. The third-order valence-corrected chi connectivity index (χ3v) is 4.10. The molecule has 1 rings (SSSR count). The maximum absolute atomic E-state index is 12.1. The van der Waals surface area contributed by atoms with Crippen molar-refractivity contribution in [3.05, 3.63) is 29.3 Å². The summed E-state index contributed by atoms with van der Waals surface area (Å²) in [7, 11) is 1.60. The molecule has 1 unspecified atom stereocenters. The molecule has 0 bridgehead atoms. The van der Waals surface area contributed by atoms with Crippen molar-refractivity contribution in [2.75, 3.05) is 30.9 Å². The van der Waals surface area contributed by atoms with Gasteiger partial charge in [0.25, 0.3) is 0 Å². The Bertz CT molecular complexity index is 514. The normalized spacial score (nSPS) is 11.9. The van der Waals surface area contributed by atoms with E-state index in [4.69, 9.17) is 5.73 Å². The number of benzene rings is 1. The van der Waals surface area contributed by atoms with Crippen LogP contribution in [0.5, 0.6) is 0 Å². The molecule has 0 aliphatic heterocycles. The zero-order chi connectivity index (χ0) is 16.7. The number of nitrogens with two attached hydrogens (primary N) is 1. The molecule has 0 heterocycles. The van der Waals surface area contributed by atoms with E-state index in [2.05, 4.69) is 5.32 Å². The van der Waals surface area contributed by atoms with Crippen LogP contribution in [0.25, 0.3) is 0 Å². The van der Waals surface area contributed by atoms with Gasteiger partial charge in [-0.25, -0.2) is 0 Å². The Labute approximate surface area is 136 Å². The predicted octanol–water partition coefficient (Wildman–Crippen LogP) is 1.78. The first-order valence-electron chi connectivity index (χ1n) is 7.22. The van der Waals surface area contributed by atoms with Gasteiger partial charge in [0.05, 0.1) is 12.6 Å². The van der Waals surface area contributed by atoms with E-state index in [0.29, 0.717) is 6.42 Å². The molecule has 122 valence electrons. The van der Waals surface area contributed by atoms with Crippen LogP contribution in [0.4, 0.5) is 5.69 Å². The maximum Gasteiger partial charge on any atom is 0.243 e. The summed E-state index contributed by atoms with van der Waals surface area (Å²) in [5, 5.41) is 2.87. The Balaban J connectivity index is 2.59. The molecular formula is C16H25N3O2S. The van der Waals surface area contributed by atoms with Crippen molar-refractivity contribution in [2.45, 2.75) is 26.3 Å². The Morgan fingerprint density at radius 1 is 1.32 bits per heavy atom. The van der Waals surface area contributed by atoms with Crippen LogP contribution in [0.2, 0.25) is 0 Å². The summed E-state index contributed by atoms with van der Waals surface area (Å²) < 4.78 is 0. The van der Waals surface area contributed by atoms with Crippen molar-refractivity contribution in [1.29, 1.82) is 0 Å². The molecule has 1 aromatic rings. The molecule has 0 aliphatic rings. The number of para-hydroxylation sites is 1. The third-order valence-electron chi connectivity index (χ3n) is 3.45. The lowest BCUT2D eigenvalue weighted by atomic mass is 10.1. The Kier molecular flexibility index (Phi) is 7.41. The minimum absolute atomic E-state index is 0.000421. The number of carbonyl (C=O) groups excluding carboxylic acids is 2. The number of hydrogen-bond donors (Lipinski definition) is 2. The minimum atomic E-state index is -0.551. The molecule has 0 aliphatic carbocycles. The van der Waals surface area contributed by atoms with Gasteiger partial charge in [0.15, 0.2) is 0 Å². The maximum atomic E-state index is 12.1. The van der Waals surface area contributed by atoms with Gasteiger partial charge in [-0.2, -0.15) is 11.8 Å². The standard InChI is InChI=1S/C16H25N3O2S/c1-11-6-5-7-12(2)15(11)18-14(20)10-19(3)16(21)13(17)8-9-22-4/h5-7,13H,8-10,17H2,1-4H3,(H,18,20). The van der Waals surface area contributed by atoms with Gasteiger partial charge >= 0.3 is 0 Å². The van der Waals surface area contributed by atoms with Gasteiger partial charge in [0.1, 0.15) is 0 Å². The molecule has 22 heavy (non-hydrogen) atoms. The molecule has 3 N–H and O–H groups in total. The number of carbonyl (C=O) groups is 2. The summed E-state index contributed by atoms with van der Waals surface area (Å²) in [6, 6.07) is 5.28. The molecule has 0 saturated heterocycles. The van der Waals surface area contributed by atoms with Crippen LogP contribution in [0, 0.1) is 13.8 Å². The average Bonchev–Trinajstić information content (AvgIpc) is 2.47. The number of aryl methyl sites for hydroxylation is 2. The van der Waals surface area contributed by atoms with Crippen LogP contribution >= 0.6 is 11.8 Å². The van der Waals surface area contributed by atoms with E-state index in [9.17, 15) is 9.59 Å². The number of nitrogens with one attached hydrogen (secondary N) is 1. The first-order chi connectivity index (χ1) is 10.4. The summed E-state index contributed by atoms with van der Waals surface area (Å²) in [6.07, 6.45) is 2.59. The molecule has 0 radical (unpaired) electrons. The van der Waals surface area contributed by atoms with Crippen LogP contribution in [-0.4, -0.2) is 48.4 Å². The summed E-state index contributed by atoms with van der Waals surface area (Å²) in [4.78, 5) is 25.6. The van der Waals surface area contributed by atoms with Crippen molar-refractivity contribution < 1.29 is 9.59 Å². The zero-order valence-corrected chi connectivity index (χ0v) is 14.5. The Hall–Kier alpha value is -1.53. The minimum Gasteiger partial charge on any atom is -0.335 e. The first kappa shape index (κ1) is 18.5. The van der Waals surface area contributed by atoms with Gasteiger partial charge in [-0.3, -0.25) is 9.59 Å². The van der Waals surface area contributed by atoms with Crippen molar-refractivity contribution in [2.24, 2.45) is 5.73 Å². The van der Waals surface area contributed by atoms with E-state index < -0.39 is 6.04 Å². The van der Waals surface area contributed by atoms with Gasteiger partial charge in [-0.05, 0) is 43.4 Å². The number of likely N-dealkylation sites (N-methyl/N-ethyl adjacent to an activating group) is 1. The fourth-order valence-electron chi connectivity index (χ4n) is 2.14. The monoisotopic (exact) mass is 323 g/mol. The third kappa shape index (κ3) is 5.35. The van der Waals surface area contributed by atoms with E-state index in [1.165, 1.54) is 4.90 Å². The van der Waals surface area contributed by atoms with E-state index in [0.717, 1.165) is 22.6 Å². The Morgan fingerprint density at radius 3 is 2.45 bits per heavy atom. The number of rotatable bonds is 7. The van der Waals surface area contributed by atoms with E-state index in [-0.39, 0.29) is 18.4 Å². The Morgan fingerprint density at radius 2 is 1.91 bits per heavy atom. The van der Waals surface area contributed by atoms with E-state index >= 15 is 0 Å². The molecule has 1 atom stereocenters. The molecule has 0 spiro atoms. The van der Waals surface area contributed by atoms with E-state index in [1.807, 2.05) is 38.3 Å². The first-order valence-corrected chi connectivity index (χ1v) is 8.61. The molecule has 5 nitrogen and oxygen atoms in total. The summed E-state index contributed by atoms with van der Waals surface area (Å²) in [5.74, 6) is 0.408. The number of hydrogen-bond acceptors (Lipinski definition) is 4. The molecule has 0 fully saturated rings. The van der Waals surface area contributed by atoms with Gasteiger partial charge in [0.2, 0.25) is 11.8 Å². The van der Waals surface area contributed by atoms with Crippen LogP contribution in [0.15, 0.2) is 18.2 Å². The van der Waals surface area contributed by atoms with Crippen LogP contribution in [0.1, 0.15) is 17.5 Å². The lowest BCUT2D eigenvalue weighted by Crippen LogP contribution is -2.45. The van der Waals surface area contributed by atoms with Crippen molar-refractivity contribution in [3.63, 3.8) is 0 Å². The largest absolute Gasteiger partial charge is 0.335 e. The molecule has 1 aromatic carbocycles. The lowest BCUT2D eigenvalue weighted by molar-refractivity contribution is -0.134. The second kappa shape index (κ2) is 8.80. The predicted molar refractivity (Wildman–Crippen MR) is 93.2 cm³/mol. The molecule has 6 heteroatoms. The van der Waals surface area contributed by atoms with Crippen LogP contribution in [-0.2, 0) is 9.59 Å². The smallest absolute Gasteiger partial charge is 0.243 e. The quantitative estimate of drug-likeness (QED) is 0.802. The summed E-state index contributed by atoms with van der Waals surface area (Å²) in [5.41, 5.74) is 8.65. The summed E-state index contributed by atoms with van der Waals surface area (Å²) in [6.45, 7) is 3.88. The van der Waals surface area contributed by atoms with Gasteiger partial charge in [0, 0.05) is 12.7 Å². The van der Waals surface area contributed by atoms with Gasteiger partial charge < -0.3 is 16.0 Å². The highest BCUT2D eigenvalue weighted by Crippen LogP contribution is 2.19. The highest BCUT2D eigenvalue weighted by atomic mass is 32.2. The summed E-state index contributed by atoms with van der Waals surface area (Å²) >= 11 is 1.65. The van der Waals surface area contributed by atoms with Crippen molar-refractivity contribution >= 4 is 29.3 Å². The van der Waals surface area contributed by atoms with Crippen LogP contribution in [0.3, 0.4) is 0 Å². The molecular weight excluding hydrogens is 298 g/mol. The zero-order valence-electron chi connectivity index (χ0n) is 13.7. The second-order valence-corrected chi connectivity index (χ2v) is 6.38. The van der Waals surface area contributed by atoms with Gasteiger partial charge in [-0.15, -0.1) is 0 Å².